The van der Waals surface area contributed by atoms with Crippen molar-refractivity contribution < 1.29 is 23.1 Å². The van der Waals surface area contributed by atoms with Crippen LogP contribution in [-0.4, -0.2) is 46.4 Å². The number of sulfonamides is 1. The molecule has 0 aliphatic carbocycles. The Morgan fingerprint density at radius 2 is 2.06 bits per heavy atom. The number of nitrogens with zero attached hydrogens (tertiary/aromatic N) is 3. The fraction of sp³-hybridized carbons (Fsp3) is 0.286. The minimum atomic E-state index is -4.14. The van der Waals surface area contributed by atoms with Crippen LogP contribution in [-0.2, 0) is 21.4 Å². The topological polar surface area (TPSA) is 110 Å². The van der Waals surface area contributed by atoms with E-state index in [9.17, 15) is 18.3 Å². The molecule has 0 bridgehead atoms. The van der Waals surface area contributed by atoms with Crippen molar-refractivity contribution in [2.45, 2.75) is 37.3 Å². The van der Waals surface area contributed by atoms with Gasteiger partial charge in [0.1, 0.15) is 28.8 Å². The van der Waals surface area contributed by atoms with Crippen LogP contribution in [0.2, 0.25) is 10.0 Å². The first kappa shape index (κ1) is 22.7. The van der Waals surface area contributed by atoms with Gasteiger partial charge in [0.05, 0.1) is 16.2 Å². The quantitative estimate of drug-likeness (QED) is 0.548. The molecule has 2 aromatic carbocycles. The lowest BCUT2D eigenvalue weighted by Gasteiger charge is -2.22. The lowest BCUT2D eigenvalue weighted by molar-refractivity contribution is -0.140. The van der Waals surface area contributed by atoms with Crippen molar-refractivity contribution in [1.82, 2.24) is 14.3 Å². The largest absolute Gasteiger partial charge is 0.486 e. The SMILES string of the molecule is Cc1cnc2cccc(OCc3c(Cl)ccc(S(=O)(=O)N4CCC[C@H]4C(=O)O)c3Cl)c2n1. The number of aromatic nitrogens is 2. The molecule has 168 valence electrons. The van der Waals surface area contributed by atoms with Crippen molar-refractivity contribution in [2.75, 3.05) is 6.54 Å². The van der Waals surface area contributed by atoms with Gasteiger partial charge in [-0.3, -0.25) is 9.78 Å². The number of para-hydroxylation sites is 1. The molecule has 0 unspecified atom stereocenters. The van der Waals surface area contributed by atoms with Crippen LogP contribution in [0.1, 0.15) is 24.1 Å². The number of carboxylic acids is 1. The van der Waals surface area contributed by atoms with Gasteiger partial charge < -0.3 is 9.84 Å². The summed E-state index contributed by atoms with van der Waals surface area (Å²) in [5.41, 5.74) is 2.20. The Morgan fingerprint density at radius 3 is 2.81 bits per heavy atom. The molecular formula is C21H19Cl2N3O5S. The Hall–Kier alpha value is -2.46. The second-order valence-corrected chi connectivity index (χ2v) is 10.0. The van der Waals surface area contributed by atoms with Crippen LogP contribution < -0.4 is 4.74 Å². The van der Waals surface area contributed by atoms with E-state index < -0.39 is 22.0 Å². The number of carboxylic acid groups (broad SMARTS) is 1. The number of hydrogen-bond donors (Lipinski definition) is 1. The second kappa shape index (κ2) is 8.82. The van der Waals surface area contributed by atoms with Gasteiger partial charge in [0.2, 0.25) is 10.0 Å². The van der Waals surface area contributed by atoms with Crippen LogP contribution in [0.15, 0.2) is 41.4 Å². The number of benzene rings is 2. The minimum Gasteiger partial charge on any atom is -0.486 e. The van der Waals surface area contributed by atoms with Gasteiger partial charge in [0.15, 0.2) is 0 Å². The summed E-state index contributed by atoms with van der Waals surface area (Å²) in [7, 11) is -4.14. The first-order valence-corrected chi connectivity index (χ1v) is 12.0. The molecule has 4 rings (SSSR count). The van der Waals surface area contributed by atoms with Crippen LogP contribution in [0.25, 0.3) is 11.0 Å². The summed E-state index contributed by atoms with van der Waals surface area (Å²) in [4.78, 5) is 20.1. The molecule has 8 nitrogen and oxygen atoms in total. The number of ether oxygens (including phenoxy) is 1. The summed E-state index contributed by atoms with van der Waals surface area (Å²) >= 11 is 12.8. The zero-order valence-electron chi connectivity index (χ0n) is 17.0. The third kappa shape index (κ3) is 4.13. The van der Waals surface area contributed by atoms with Gasteiger partial charge in [-0.25, -0.2) is 13.4 Å². The van der Waals surface area contributed by atoms with Crippen LogP contribution in [0.4, 0.5) is 0 Å². The third-order valence-corrected chi connectivity index (χ3v) is 8.10. The molecule has 0 spiro atoms. The molecule has 1 aromatic heterocycles. The van der Waals surface area contributed by atoms with Gasteiger partial charge in [-0.2, -0.15) is 4.31 Å². The highest BCUT2D eigenvalue weighted by Crippen LogP contribution is 2.36. The van der Waals surface area contributed by atoms with E-state index in [1.807, 2.05) is 6.92 Å². The third-order valence-electron chi connectivity index (χ3n) is 5.25. The average Bonchev–Trinajstić information content (AvgIpc) is 3.25. The fourth-order valence-corrected chi connectivity index (χ4v) is 6.19. The monoisotopic (exact) mass is 495 g/mol. The van der Waals surface area contributed by atoms with E-state index in [0.717, 1.165) is 10.00 Å². The number of fused-ring (bicyclic) bond motifs is 1. The number of aryl methyl sites for hydroxylation is 1. The molecule has 1 saturated heterocycles. The Bertz CT molecular complexity index is 1320. The molecule has 0 amide bonds. The fourth-order valence-electron chi connectivity index (χ4n) is 3.67. The summed E-state index contributed by atoms with van der Waals surface area (Å²) in [6.45, 7) is 1.81. The molecule has 32 heavy (non-hydrogen) atoms. The molecule has 1 aliphatic rings. The van der Waals surface area contributed by atoms with E-state index in [-0.39, 0.29) is 40.1 Å². The number of rotatable bonds is 6. The van der Waals surface area contributed by atoms with Crippen LogP contribution >= 0.6 is 23.2 Å². The summed E-state index contributed by atoms with van der Waals surface area (Å²) in [5, 5.41) is 9.52. The lowest BCUT2D eigenvalue weighted by atomic mass is 10.2. The maximum atomic E-state index is 13.2. The Morgan fingerprint density at radius 1 is 1.28 bits per heavy atom. The summed E-state index contributed by atoms with van der Waals surface area (Å²) in [5.74, 6) is -0.739. The van der Waals surface area contributed by atoms with Gasteiger partial charge in [-0.1, -0.05) is 29.3 Å². The molecular weight excluding hydrogens is 477 g/mol. The van der Waals surface area contributed by atoms with Gasteiger partial charge in [-0.05, 0) is 44.0 Å². The van der Waals surface area contributed by atoms with E-state index in [4.69, 9.17) is 27.9 Å². The molecule has 1 aliphatic heterocycles. The maximum Gasteiger partial charge on any atom is 0.322 e. The maximum absolute atomic E-state index is 13.2. The Kier molecular flexibility index (Phi) is 6.26. The molecule has 1 fully saturated rings. The zero-order valence-corrected chi connectivity index (χ0v) is 19.3. The van der Waals surface area contributed by atoms with Crippen LogP contribution in [0, 0.1) is 6.92 Å². The average molecular weight is 496 g/mol. The van der Waals surface area contributed by atoms with Crippen molar-refractivity contribution in [3.8, 4) is 5.75 Å². The highest BCUT2D eigenvalue weighted by Gasteiger charge is 2.40. The molecule has 0 radical (unpaired) electrons. The number of aliphatic carboxylic acids is 1. The van der Waals surface area contributed by atoms with Gasteiger partial charge in [0.25, 0.3) is 0 Å². The molecule has 0 saturated carbocycles. The number of hydrogen-bond acceptors (Lipinski definition) is 6. The first-order valence-electron chi connectivity index (χ1n) is 9.77. The summed E-state index contributed by atoms with van der Waals surface area (Å²) in [6, 6.07) is 6.87. The highest BCUT2D eigenvalue weighted by atomic mass is 35.5. The van der Waals surface area contributed by atoms with Crippen molar-refractivity contribution in [1.29, 1.82) is 0 Å². The predicted molar refractivity (Wildman–Crippen MR) is 120 cm³/mol. The Balaban J connectivity index is 1.68. The number of carbonyl (C=O) groups is 1. The van der Waals surface area contributed by atoms with Gasteiger partial charge in [0, 0.05) is 23.3 Å². The zero-order chi connectivity index (χ0) is 23.0. The molecule has 1 N–H and O–H groups in total. The summed E-state index contributed by atoms with van der Waals surface area (Å²) < 4.78 is 33.3. The first-order chi connectivity index (χ1) is 15.2. The van der Waals surface area contributed by atoms with Crippen molar-refractivity contribution in [3.05, 3.63) is 57.8 Å². The summed E-state index contributed by atoms with van der Waals surface area (Å²) in [6.07, 6.45) is 2.35. The van der Waals surface area contributed by atoms with E-state index in [2.05, 4.69) is 9.97 Å². The molecule has 11 heteroatoms. The van der Waals surface area contributed by atoms with Crippen molar-refractivity contribution in [2.24, 2.45) is 0 Å². The van der Waals surface area contributed by atoms with Crippen LogP contribution in [0.5, 0.6) is 5.75 Å². The van der Waals surface area contributed by atoms with Gasteiger partial charge in [-0.15, -0.1) is 0 Å². The van der Waals surface area contributed by atoms with Gasteiger partial charge >= 0.3 is 5.97 Å². The van der Waals surface area contributed by atoms with E-state index in [1.165, 1.54) is 12.1 Å². The lowest BCUT2D eigenvalue weighted by Crippen LogP contribution is -2.40. The molecule has 3 aromatic rings. The second-order valence-electron chi connectivity index (χ2n) is 7.37. The van der Waals surface area contributed by atoms with E-state index in [1.54, 1.807) is 24.4 Å². The van der Waals surface area contributed by atoms with Crippen LogP contribution in [0.3, 0.4) is 0 Å². The van der Waals surface area contributed by atoms with Crippen molar-refractivity contribution in [3.63, 3.8) is 0 Å². The smallest absolute Gasteiger partial charge is 0.322 e. The standard InChI is InChI=1S/C21H19Cl2N3O5S/c1-12-10-24-15-4-2-6-17(20(15)25-12)31-11-13-14(22)7-8-18(19(13)23)32(29,30)26-9-3-5-16(26)21(27)28/h2,4,6-8,10,16H,3,5,9,11H2,1H3,(H,27,28)/t16-/m0/s1. The van der Waals surface area contributed by atoms with E-state index >= 15 is 0 Å². The molecule has 2 heterocycles. The number of halogens is 2. The normalized spacial score (nSPS) is 17.0. The minimum absolute atomic E-state index is 0.101. The predicted octanol–water partition coefficient (Wildman–Crippen LogP) is 4.06. The van der Waals surface area contributed by atoms with E-state index in [0.29, 0.717) is 23.2 Å². The Labute approximate surface area is 194 Å². The highest BCUT2D eigenvalue weighted by molar-refractivity contribution is 7.89. The van der Waals surface area contributed by atoms with Crippen molar-refractivity contribution >= 4 is 50.2 Å². The molecule has 1 atom stereocenters.